The predicted molar refractivity (Wildman–Crippen MR) is 97.6 cm³/mol. The van der Waals surface area contributed by atoms with Crippen LogP contribution in [0.1, 0.15) is 25.0 Å². The first kappa shape index (κ1) is 22.9. The summed E-state index contributed by atoms with van der Waals surface area (Å²) < 4.78 is 53.9. The van der Waals surface area contributed by atoms with Crippen LogP contribution in [0.15, 0.2) is 36.4 Å². The molecule has 27 heavy (non-hydrogen) atoms. The molecule has 0 aromatic heterocycles. The Morgan fingerprint density at radius 3 is 1.56 bits per heavy atom. The average molecular weight is 405 g/mol. The second-order valence-corrected chi connectivity index (χ2v) is 6.75. The highest BCUT2D eigenvalue weighted by Gasteiger charge is 2.29. The van der Waals surface area contributed by atoms with Crippen molar-refractivity contribution in [2.45, 2.75) is 38.3 Å². The Kier molecular flexibility index (Phi) is 7.80. The summed E-state index contributed by atoms with van der Waals surface area (Å²) in [5, 5.41) is 2.71. The maximum atomic E-state index is 13.5. The Labute approximate surface area is 161 Å². The third-order valence-electron chi connectivity index (χ3n) is 3.87. The summed E-state index contributed by atoms with van der Waals surface area (Å²) in [6.07, 6.45) is 0.0799. The minimum absolute atomic E-state index is 0. The number of halogens is 5. The van der Waals surface area contributed by atoms with E-state index >= 15 is 0 Å². The number of nitrogens with one attached hydrogen (secondary N) is 1. The number of amides is 1. The Morgan fingerprint density at radius 2 is 1.26 bits per heavy atom. The van der Waals surface area contributed by atoms with E-state index in [0.717, 1.165) is 36.4 Å². The maximum Gasteiger partial charge on any atom is 0.237 e. The van der Waals surface area contributed by atoms with Gasteiger partial charge in [-0.2, -0.15) is 0 Å². The summed E-state index contributed by atoms with van der Waals surface area (Å²) in [4.78, 5) is 12.1. The number of carbonyl (C=O) groups excluding carboxylic acids is 1. The van der Waals surface area contributed by atoms with Crippen molar-refractivity contribution >= 4 is 18.3 Å². The fourth-order valence-corrected chi connectivity index (χ4v) is 2.89. The third kappa shape index (κ3) is 6.84. The second kappa shape index (κ2) is 9.19. The Bertz CT molecular complexity index is 720. The molecule has 0 aliphatic heterocycles. The SMILES string of the molecule is CC(N)C(=O)NC(C)(Cc1cc(F)cc(F)c1)Cc1cc(F)cc(F)c1.Cl. The summed E-state index contributed by atoms with van der Waals surface area (Å²) >= 11 is 0. The molecule has 0 radical (unpaired) electrons. The number of carbonyl (C=O) groups is 1. The van der Waals surface area contributed by atoms with E-state index in [1.165, 1.54) is 6.92 Å². The van der Waals surface area contributed by atoms with Crippen molar-refractivity contribution in [3.05, 3.63) is 70.8 Å². The summed E-state index contributed by atoms with van der Waals surface area (Å²) in [6, 6.07) is 5.24. The van der Waals surface area contributed by atoms with E-state index in [1.807, 2.05) is 0 Å². The van der Waals surface area contributed by atoms with E-state index in [-0.39, 0.29) is 25.2 Å². The van der Waals surface area contributed by atoms with Gasteiger partial charge in [0.2, 0.25) is 5.91 Å². The maximum absolute atomic E-state index is 13.5. The number of hydrogen-bond donors (Lipinski definition) is 2. The molecule has 0 spiro atoms. The monoisotopic (exact) mass is 404 g/mol. The Hall–Kier alpha value is -2.12. The van der Waals surface area contributed by atoms with Crippen LogP contribution in [0.2, 0.25) is 0 Å². The molecule has 2 rings (SSSR count). The van der Waals surface area contributed by atoms with Crippen molar-refractivity contribution in [1.82, 2.24) is 5.32 Å². The van der Waals surface area contributed by atoms with Crippen LogP contribution >= 0.6 is 12.4 Å². The van der Waals surface area contributed by atoms with Gasteiger partial charge in [0.1, 0.15) is 23.3 Å². The first-order valence-electron chi connectivity index (χ1n) is 8.04. The molecule has 0 saturated carbocycles. The normalized spacial score (nSPS) is 12.3. The molecule has 2 aromatic rings. The minimum atomic E-state index is -1.06. The van der Waals surface area contributed by atoms with Gasteiger partial charge in [-0.1, -0.05) is 0 Å². The average Bonchev–Trinajstić information content (AvgIpc) is 2.43. The van der Waals surface area contributed by atoms with Gasteiger partial charge >= 0.3 is 0 Å². The summed E-state index contributed by atoms with van der Waals surface area (Å²) in [7, 11) is 0. The van der Waals surface area contributed by atoms with Crippen molar-refractivity contribution in [2.75, 3.05) is 0 Å². The summed E-state index contributed by atoms with van der Waals surface area (Å²) in [5.74, 6) is -3.49. The largest absolute Gasteiger partial charge is 0.349 e. The molecule has 0 aliphatic rings. The molecule has 3 nitrogen and oxygen atoms in total. The summed E-state index contributed by atoms with van der Waals surface area (Å²) in [5.41, 5.74) is 5.11. The van der Waals surface area contributed by atoms with Gasteiger partial charge in [-0.25, -0.2) is 17.6 Å². The molecule has 2 aromatic carbocycles. The zero-order chi connectivity index (χ0) is 19.5. The number of benzene rings is 2. The van der Waals surface area contributed by atoms with Crippen LogP contribution in [0.25, 0.3) is 0 Å². The lowest BCUT2D eigenvalue weighted by Gasteiger charge is -2.32. The van der Waals surface area contributed by atoms with Gasteiger partial charge < -0.3 is 11.1 Å². The van der Waals surface area contributed by atoms with Crippen molar-refractivity contribution in [3.63, 3.8) is 0 Å². The lowest BCUT2D eigenvalue weighted by atomic mass is 9.86. The van der Waals surface area contributed by atoms with Gasteiger partial charge in [0, 0.05) is 17.7 Å². The molecule has 0 saturated heterocycles. The van der Waals surface area contributed by atoms with Crippen molar-refractivity contribution in [2.24, 2.45) is 5.73 Å². The zero-order valence-electron chi connectivity index (χ0n) is 14.9. The van der Waals surface area contributed by atoms with Gasteiger partial charge in [0.15, 0.2) is 0 Å². The smallest absolute Gasteiger partial charge is 0.237 e. The molecule has 8 heteroatoms. The quantitative estimate of drug-likeness (QED) is 0.722. The first-order valence-corrected chi connectivity index (χ1v) is 8.04. The fraction of sp³-hybridized carbons (Fsp3) is 0.316. The van der Waals surface area contributed by atoms with Crippen molar-refractivity contribution in [1.29, 1.82) is 0 Å². The van der Waals surface area contributed by atoms with Crippen LogP contribution in [0.4, 0.5) is 17.6 Å². The molecule has 0 bridgehead atoms. The van der Waals surface area contributed by atoms with E-state index in [0.29, 0.717) is 11.1 Å². The third-order valence-corrected chi connectivity index (χ3v) is 3.87. The van der Waals surface area contributed by atoms with Crippen LogP contribution in [-0.4, -0.2) is 17.5 Å². The lowest BCUT2D eigenvalue weighted by molar-refractivity contribution is -0.123. The number of rotatable bonds is 6. The zero-order valence-corrected chi connectivity index (χ0v) is 15.7. The lowest BCUT2D eigenvalue weighted by Crippen LogP contribution is -2.53. The molecule has 148 valence electrons. The molecular weight excluding hydrogens is 384 g/mol. The van der Waals surface area contributed by atoms with Crippen molar-refractivity contribution in [3.8, 4) is 0 Å². The van der Waals surface area contributed by atoms with E-state index in [1.54, 1.807) is 6.92 Å². The Balaban J connectivity index is 0.00000364. The molecular formula is C19H21ClF4N2O. The minimum Gasteiger partial charge on any atom is -0.349 e. The van der Waals surface area contributed by atoms with E-state index < -0.39 is 40.8 Å². The Morgan fingerprint density at radius 1 is 0.926 bits per heavy atom. The molecule has 0 aliphatic carbocycles. The van der Waals surface area contributed by atoms with E-state index in [4.69, 9.17) is 5.73 Å². The first-order chi connectivity index (χ1) is 12.1. The van der Waals surface area contributed by atoms with Crippen LogP contribution in [0.3, 0.4) is 0 Å². The fourth-order valence-electron chi connectivity index (χ4n) is 2.89. The van der Waals surface area contributed by atoms with Crippen LogP contribution < -0.4 is 11.1 Å². The van der Waals surface area contributed by atoms with Gasteiger partial charge in [-0.05, 0) is 62.1 Å². The summed E-state index contributed by atoms with van der Waals surface area (Å²) in [6.45, 7) is 3.11. The molecule has 1 atom stereocenters. The van der Waals surface area contributed by atoms with Gasteiger partial charge in [0.25, 0.3) is 0 Å². The van der Waals surface area contributed by atoms with Gasteiger partial charge in [0.05, 0.1) is 6.04 Å². The molecule has 0 heterocycles. The molecule has 1 unspecified atom stereocenters. The predicted octanol–water partition coefficient (Wildman–Crippen LogP) is 3.67. The van der Waals surface area contributed by atoms with Gasteiger partial charge in [-0.15, -0.1) is 12.4 Å². The second-order valence-electron chi connectivity index (χ2n) is 6.75. The van der Waals surface area contributed by atoms with Crippen LogP contribution in [-0.2, 0) is 17.6 Å². The van der Waals surface area contributed by atoms with E-state index in [9.17, 15) is 22.4 Å². The topological polar surface area (TPSA) is 55.1 Å². The van der Waals surface area contributed by atoms with Crippen LogP contribution in [0, 0.1) is 23.3 Å². The van der Waals surface area contributed by atoms with Gasteiger partial charge in [-0.3, -0.25) is 4.79 Å². The molecule has 1 amide bonds. The van der Waals surface area contributed by atoms with E-state index in [2.05, 4.69) is 5.32 Å². The molecule has 3 N–H and O–H groups in total. The molecule has 0 fully saturated rings. The number of nitrogens with two attached hydrogens (primary N) is 1. The van der Waals surface area contributed by atoms with Crippen molar-refractivity contribution < 1.29 is 22.4 Å². The highest BCUT2D eigenvalue weighted by molar-refractivity contribution is 5.85. The number of hydrogen-bond acceptors (Lipinski definition) is 2. The highest BCUT2D eigenvalue weighted by Crippen LogP contribution is 2.22. The van der Waals surface area contributed by atoms with Crippen LogP contribution in [0.5, 0.6) is 0 Å². The standard InChI is InChI=1S/C19H20F4N2O.ClH/c1-11(24)18(26)25-19(2,9-12-3-14(20)7-15(21)4-12)10-13-5-16(22)8-17(23)6-13;/h3-8,11H,9-10,24H2,1-2H3,(H,25,26);1H. The highest BCUT2D eigenvalue weighted by atomic mass is 35.5.